The van der Waals surface area contributed by atoms with Crippen molar-refractivity contribution in [1.82, 2.24) is 19.9 Å². The first-order chi connectivity index (χ1) is 5.66. The minimum atomic E-state index is 0.0515. The van der Waals surface area contributed by atoms with Crippen molar-refractivity contribution < 1.29 is 0 Å². The van der Waals surface area contributed by atoms with E-state index in [4.69, 9.17) is 34.8 Å². The van der Waals surface area contributed by atoms with Crippen LogP contribution in [0.5, 0.6) is 0 Å². The summed E-state index contributed by atoms with van der Waals surface area (Å²) in [7, 11) is 0. The van der Waals surface area contributed by atoms with Crippen molar-refractivity contribution in [3.63, 3.8) is 0 Å². The normalized spacial score (nSPS) is 10.9. The monoisotopic (exact) mass is 222 g/mol. The van der Waals surface area contributed by atoms with Crippen molar-refractivity contribution >= 4 is 46.0 Å². The van der Waals surface area contributed by atoms with Crippen LogP contribution in [0.25, 0.3) is 11.2 Å². The number of nitrogens with zero attached hydrogens (tertiary/aromatic N) is 3. The second kappa shape index (κ2) is 2.73. The van der Waals surface area contributed by atoms with E-state index in [2.05, 4.69) is 19.9 Å². The third kappa shape index (κ3) is 1.22. The van der Waals surface area contributed by atoms with Gasteiger partial charge in [0.1, 0.15) is 5.52 Å². The molecule has 7 heteroatoms. The molecule has 0 aliphatic rings. The molecule has 0 unspecified atom stereocenters. The molecule has 2 heterocycles. The van der Waals surface area contributed by atoms with Crippen molar-refractivity contribution in [2.45, 2.75) is 0 Å². The van der Waals surface area contributed by atoms with Gasteiger partial charge in [-0.05, 0) is 23.2 Å². The predicted octanol–water partition coefficient (Wildman–Crippen LogP) is 2.31. The van der Waals surface area contributed by atoms with Gasteiger partial charge in [0.15, 0.2) is 10.8 Å². The lowest BCUT2D eigenvalue weighted by Crippen LogP contribution is -1.84. The highest BCUT2D eigenvalue weighted by molar-refractivity contribution is 6.36. The highest BCUT2D eigenvalue weighted by Gasteiger charge is 2.08. The van der Waals surface area contributed by atoms with E-state index in [-0.39, 0.29) is 15.7 Å². The van der Waals surface area contributed by atoms with Crippen LogP contribution in [-0.4, -0.2) is 19.9 Å². The van der Waals surface area contributed by atoms with Crippen LogP contribution in [0.1, 0.15) is 0 Å². The van der Waals surface area contributed by atoms with Gasteiger partial charge in [-0.2, -0.15) is 9.97 Å². The zero-order valence-electron chi connectivity index (χ0n) is 5.48. The fourth-order valence-electron chi connectivity index (χ4n) is 0.810. The van der Waals surface area contributed by atoms with Gasteiger partial charge in [0, 0.05) is 0 Å². The van der Waals surface area contributed by atoms with Crippen LogP contribution in [0.3, 0.4) is 0 Å². The first kappa shape index (κ1) is 8.04. The Kier molecular flexibility index (Phi) is 1.83. The molecule has 0 saturated heterocycles. The zero-order valence-corrected chi connectivity index (χ0v) is 7.74. The minimum Gasteiger partial charge on any atom is -0.325 e. The maximum absolute atomic E-state index is 5.71. The Bertz CT molecular complexity index is 437. The Hall–Kier alpha value is -0.580. The lowest BCUT2D eigenvalue weighted by Gasteiger charge is -1.90. The van der Waals surface area contributed by atoms with E-state index in [1.165, 1.54) is 0 Å². The summed E-state index contributed by atoms with van der Waals surface area (Å²) in [5, 5.41) is 0.475. The van der Waals surface area contributed by atoms with Crippen LogP contribution in [0, 0.1) is 0 Å². The third-order valence-electron chi connectivity index (χ3n) is 1.25. The summed E-state index contributed by atoms with van der Waals surface area (Å²) in [6.07, 6.45) is 0. The number of rotatable bonds is 0. The second-order valence-corrected chi connectivity index (χ2v) is 3.06. The Morgan fingerprint density at radius 1 is 1.00 bits per heavy atom. The molecule has 12 heavy (non-hydrogen) atoms. The number of H-pyrrole nitrogens is 1. The predicted molar refractivity (Wildman–Crippen MR) is 46.7 cm³/mol. The smallest absolute Gasteiger partial charge is 0.225 e. The SMILES string of the molecule is Clc1nc(Cl)c2[nH]c(Cl)nc2n1. The van der Waals surface area contributed by atoms with Gasteiger partial charge >= 0.3 is 0 Å². The van der Waals surface area contributed by atoms with Crippen molar-refractivity contribution in [3.8, 4) is 0 Å². The Labute approximate surface area is 81.9 Å². The van der Waals surface area contributed by atoms with E-state index in [0.717, 1.165) is 0 Å². The lowest BCUT2D eigenvalue weighted by molar-refractivity contribution is 1.20. The van der Waals surface area contributed by atoms with Crippen LogP contribution >= 0.6 is 34.8 Å². The number of hydrogen-bond donors (Lipinski definition) is 1. The molecule has 0 fully saturated rings. The standard InChI is InChI=1S/C5HCl3N4/c6-2-1-3(11-4(7)9-1)12-5(8)10-2/h(H,9,10,11,12). The molecule has 62 valence electrons. The van der Waals surface area contributed by atoms with Crippen molar-refractivity contribution in [1.29, 1.82) is 0 Å². The summed E-state index contributed by atoms with van der Waals surface area (Å²) >= 11 is 16.8. The summed E-state index contributed by atoms with van der Waals surface area (Å²) < 4.78 is 0. The number of aromatic nitrogens is 4. The minimum absolute atomic E-state index is 0.0515. The van der Waals surface area contributed by atoms with Gasteiger partial charge in [-0.1, -0.05) is 11.6 Å². The first-order valence-electron chi connectivity index (χ1n) is 2.91. The van der Waals surface area contributed by atoms with E-state index in [0.29, 0.717) is 11.2 Å². The summed E-state index contributed by atoms with van der Waals surface area (Å²) in [5.41, 5.74) is 0.857. The number of imidazole rings is 1. The quantitative estimate of drug-likeness (QED) is 0.424. The summed E-state index contributed by atoms with van der Waals surface area (Å²) in [4.78, 5) is 14.0. The molecule has 0 aliphatic carbocycles. The fraction of sp³-hybridized carbons (Fsp3) is 0. The molecule has 2 aromatic rings. The van der Waals surface area contributed by atoms with Crippen molar-refractivity contribution in [3.05, 3.63) is 15.7 Å². The molecule has 4 nitrogen and oxygen atoms in total. The van der Waals surface area contributed by atoms with Gasteiger partial charge in [0.2, 0.25) is 10.6 Å². The molecule has 0 saturated carbocycles. The van der Waals surface area contributed by atoms with Crippen molar-refractivity contribution in [2.24, 2.45) is 0 Å². The molecule has 0 radical (unpaired) electrons. The van der Waals surface area contributed by atoms with Gasteiger partial charge in [-0.15, -0.1) is 0 Å². The van der Waals surface area contributed by atoms with Crippen LogP contribution in [0.2, 0.25) is 15.7 Å². The van der Waals surface area contributed by atoms with Gasteiger partial charge in [0.25, 0.3) is 0 Å². The molecule has 0 atom stereocenters. The van der Waals surface area contributed by atoms with Gasteiger partial charge in [-0.25, -0.2) is 4.98 Å². The maximum atomic E-state index is 5.71. The molecular weight excluding hydrogens is 222 g/mol. The number of hydrogen-bond acceptors (Lipinski definition) is 3. The summed E-state index contributed by atoms with van der Waals surface area (Å²) in [6.45, 7) is 0. The van der Waals surface area contributed by atoms with Gasteiger partial charge < -0.3 is 4.98 Å². The lowest BCUT2D eigenvalue weighted by atomic mass is 10.6. The Morgan fingerprint density at radius 2 is 1.75 bits per heavy atom. The van der Waals surface area contributed by atoms with Gasteiger partial charge in [0.05, 0.1) is 0 Å². The Balaban J connectivity index is 2.88. The molecule has 1 N–H and O–H groups in total. The van der Waals surface area contributed by atoms with E-state index < -0.39 is 0 Å². The van der Waals surface area contributed by atoms with Crippen LogP contribution in [-0.2, 0) is 0 Å². The van der Waals surface area contributed by atoms with E-state index in [1.807, 2.05) is 0 Å². The Morgan fingerprint density at radius 3 is 2.50 bits per heavy atom. The molecule has 2 aromatic heterocycles. The maximum Gasteiger partial charge on any atom is 0.225 e. The van der Waals surface area contributed by atoms with E-state index in [1.54, 1.807) is 0 Å². The largest absolute Gasteiger partial charge is 0.325 e. The molecule has 0 aliphatic heterocycles. The topological polar surface area (TPSA) is 54.5 Å². The average Bonchev–Trinajstić information content (AvgIpc) is 2.29. The molecule has 0 amide bonds. The fourth-order valence-corrected chi connectivity index (χ4v) is 1.40. The molecule has 0 spiro atoms. The molecule has 2 rings (SSSR count). The van der Waals surface area contributed by atoms with E-state index in [9.17, 15) is 0 Å². The third-order valence-corrected chi connectivity index (χ3v) is 1.87. The summed E-state index contributed by atoms with van der Waals surface area (Å²) in [5.74, 6) is 0. The first-order valence-corrected chi connectivity index (χ1v) is 4.04. The van der Waals surface area contributed by atoms with Crippen LogP contribution in [0.4, 0.5) is 0 Å². The highest BCUT2D eigenvalue weighted by Crippen LogP contribution is 2.20. The number of fused-ring (bicyclic) bond motifs is 1. The van der Waals surface area contributed by atoms with Gasteiger partial charge in [-0.3, -0.25) is 0 Å². The molecular formula is C5HCl3N4. The van der Waals surface area contributed by atoms with Crippen LogP contribution in [0.15, 0.2) is 0 Å². The highest BCUT2D eigenvalue weighted by atomic mass is 35.5. The number of aromatic amines is 1. The zero-order chi connectivity index (χ0) is 8.72. The average molecular weight is 223 g/mol. The molecule has 0 bridgehead atoms. The second-order valence-electron chi connectivity index (χ2n) is 2.01. The number of nitrogens with one attached hydrogen (secondary N) is 1. The van der Waals surface area contributed by atoms with Crippen LogP contribution < -0.4 is 0 Å². The number of halogens is 3. The summed E-state index contributed by atoms with van der Waals surface area (Å²) in [6, 6.07) is 0. The molecule has 0 aromatic carbocycles. The van der Waals surface area contributed by atoms with E-state index >= 15 is 0 Å². The van der Waals surface area contributed by atoms with Crippen molar-refractivity contribution in [2.75, 3.05) is 0 Å².